The number of carbonyl (C=O) groups excluding carboxylic acids is 1. The highest BCUT2D eigenvalue weighted by atomic mass is 16.6. The summed E-state index contributed by atoms with van der Waals surface area (Å²) in [6, 6.07) is 3.20. The summed E-state index contributed by atoms with van der Waals surface area (Å²) in [6.07, 6.45) is 6.52. The molecule has 1 aromatic heterocycles. The van der Waals surface area contributed by atoms with E-state index in [2.05, 4.69) is 10.2 Å². The van der Waals surface area contributed by atoms with E-state index in [1.807, 2.05) is 0 Å². The lowest BCUT2D eigenvalue weighted by Crippen LogP contribution is -2.32. The first-order valence-corrected chi connectivity index (χ1v) is 6.62. The summed E-state index contributed by atoms with van der Waals surface area (Å²) in [6.45, 7) is -0.305. The number of Topliss-reactive ketones (excluding diaryl/α,β-unsaturated/α-hetero) is 1. The van der Waals surface area contributed by atoms with E-state index >= 15 is 0 Å². The van der Waals surface area contributed by atoms with Crippen LogP contribution in [0.15, 0.2) is 18.3 Å². The van der Waals surface area contributed by atoms with Gasteiger partial charge in [-0.1, -0.05) is 19.3 Å². The van der Waals surface area contributed by atoms with Crippen molar-refractivity contribution >= 4 is 5.78 Å². The number of hydrogen-bond donors (Lipinski definition) is 0. The summed E-state index contributed by atoms with van der Waals surface area (Å²) in [5.74, 6) is -0.697. The van der Waals surface area contributed by atoms with E-state index in [4.69, 9.17) is 0 Å². The minimum absolute atomic E-state index is 0.105. The molecule has 0 N–H and O–H groups in total. The van der Waals surface area contributed by atoms with Crippen LogP contribution in [0.25, 0.3) is 0 Å². The van der Waals surface area contributed by atoms with Crippen molar-refractivity contribution in [1.82, 2.24) is 10.2 Å². The molecule has 0 aromatic carbocycles. The molecule has 0 spiro atoms. The third-order valence-corrected chi connectivity index (χ3v) is 3.73. The Bertz CT molecular complexity index is 444. The summed E-state index contributed by atoms with van der Waals surface area (Å²) >= 11 is 0. The van der Waals surface area contributed by atoms with Crippen molar-refractivity contribution in [3.63, 3.8) is 0 Å². The van der Waals surface area contributed by atoms with Crippen molar-refractivity contribution < 1.29 is 9.72 Å². The lowest BCUT2D eigenvalue weighted by atomic mass is 9.77. The molecule has 1 unspecified atom stereocenters. The lowest BCUT2D eigenvalue weighted by Gasteiger charge is -2.26. The molecule has 6 nitrogen and oxygen atoms in total. The van der Waals surface area contributed by atoms with Crippen molar-refractivity contribution in [3.05, 3.63) is 34.1 Å². The standard InChI is InChI=1S/C13H17N3O3/c17-13(12-7-4-8-14-15-12)11(9-16(18)19)10-5-2-1-3-6-10/h4,7-8,10-11H,1-3,5-6,9H2. The second-order valence-corrected chi connectivity index (χ2v) is 4.99. The third-order valence-electron chi connectivity index (χ3n) is 3.73. The fourth-order valence-electron chi connectivity index (χ4n) is 2.77. The van der Waals surface area contributed by atoms with Gasteiger partial charge in [-0.15, -0.1) is 5.10 Å². The number of nitrogens with zero attached hydrogens (tertiary/aromatic N) is 3. The topological polar surface area (TPSA) is 86.0 Å². The van der Waals surface area contributed by atoms with Gasteiger partial charge in [0.25, 0.3) is 0 Å². The molecular formula is C13H17N3O3. The summed E-state index contributed by atoms with van der Waals surface area (Å²) in [5.41, 5.74) is 0.236. The lowest BCUT2D eigenvalue weighted by molar-refractivity contribution is -0.487. The molecule has 1 saturated carbocycles. The summed E-state index contributed by atoms with van der Waals surface area (Å²) in [4.78, 5) is 22.8. The Balaban J connectivity index is 2.16. The minimum Gasteiger partial charge on any atom is -0.292 e. The minimum atomic E-state index is -0.563. The zero-order valence-electron chi connectivity index (χ0n) is 10.7. The Kier molecular flexibility index (Phi) is 4.54. The molecule has 102 valence electrons. The maximum absolute atomic E-state index is 12.4. The fourth-order valence-corrected chi connectivity index (χ4v) is 2.77. The second-order valence-electron chi connectivity index (χ2n) is 4.99. The fraction of sp³-hybridized carbons (Fsp3) is 0.615. The predicted octanol–water partition coefficient (Wildman–Crippen LogP) is 2.13. The van der Waals surface area contributed by atoms with Gasteiger partial charge in [0.05, 0.1) is 5.92 Å². The SMILES string of the molecule is O=C(c1cccnn1)C(C[N+](=O)[O-])C1CCCCC1. The first kappa shape index (κ1) is 13.6. The molecule has 6 heteroatoms. The van der Waals surface area contributed by atoms with E-state index in [-0.39, 0.29) is 23.9 Å². The smallest absolute Gasteiger partial charge is 0.214 e. The molecule has 19 heavy (non-hydrogen) atoms. The maximum Gasteiger partial charge on any atom is 0.214 e. The van der Waals surface area contributed by atoms with Crippen LogP contribution >= 0.6 is 0 Å². The number of ketones is 1. The van der Waals surface area contributed by atoms with Crippen LogP contribution in [0.2, 0.25) is 0 Å². The zero-order chi connectivity index (χ0) is 13.7. The van der Waals surface area contributed by atoms with Gasteiger partial charge in [0, 0.05) is 11.1 Å². The van der Waals surface area contributed by atoms with Crippen LogP contribution in [0, 0.1) is 22.0 Å². The van der Waals surface area contributed by atoms with Gasteiger partial charge >= 0.3 is 0 Å². The Morgan fingerprint density at radius 3 is 2.74 bits per heavy atom. The zero-order valence-corrected chi connectivity index (χ0v) is 10.7. The van der Waals surface area contributed by atoms with Crippen LogP contribution in [-0.4, -0.2) is 27.4 Å². The molecule has 1 fully saturated rings. The number of nitro groups is 1. The molecule has 0 bridgehead atoms. The molecular weight excluding hydrogens is 246 g/mol. The third kappa shape index (κ3) is 3.56. The average Bonchev–Trinajstić information content (AvgIpc) is 2.46. The Hall–Kier alpha value is -1.85. The van der Waals surface area contributed by atoms with Gasteiger partial charge in [-0.3, -0.25) is 14.9 Å². The molecule has 2 rings (SSSR count). The highest BCUT2D eigenvalue weighted by Crippen LogP contribution is 2.31. The molecule has 1 aliphatic rings. The van der Waals surface area contributed by atoms with E-state index in [1.54, 1.807) is 12.1 Å². The number of carbonyl (C=O) groups is 1. The molecule has 1 aromatic rings. The Morgan fingerprint density at radius 1 is 1.42 bits per heavy atom. The van der Waals surface area contributed by atoms with Gasteiger partial charge in [0.1, 0.15) is 5.69 Å². The van der Waals surface area contributed by atoms with Gasteiger partial charge in [0.15, 0.2) is 5.78 Å². The molecule has 1 heterocycles. The highest BCUT2D eigenvalue weighted by molar-refractivity contribution is 5.96. The number of aromatic nitrogens is 2. The van der Waals surface area contributed by atoms with Crippen molar-refractivity contribution in [2.24, 2.45) is 11.8 Å². The number of rotatable bonds is 5. The first-order valence-electron chi connectivity index (χ1n) is 6.62. The van der Waals surface area contributed by atoms with Crippen LogP contribution < -0.4 is 0 Å². The van der Waals surface area contributed by atoms with Gasteiger partial charge in [-0.2, -0.15) is 5.10 Å². The molecule has 1 atom stereocenters. The highest BCUT2D eigenvalue weighted by Gasteiger charge is 2.34. The summed E-state index contributed by atoms with van der Waals surface area (Å²) < 4.78 is 0. The second kappa shape index (κ2) is 6.36. The predicted molar refractivity (Wildman–Crippen MR) is 68.3 cm³/mol. The molecule has 0 aliphatic heterocycles. The first-order chi connectivity index (χ1) is 9.18. The largest absolute Gasteiger partial charge is 0.292 e. The maximum atomic E-state index is 12.4. The molecule has 0 amide bonds. The monoisotopic (exact) mass is 263 g/mol. The van der Waals surface area contributed by atoms with Crippen LogP contribution in [0.5, 0.6) is 0 Å². The molecule has 0 radical (unpaired) electrons. The Morgan fingerprint density at radius 2 is 2.16 bits per heavy atom. The van der Waals surface area contributed by atoms with Crippen molar-refractivity contribution in [1.29, 1.82) is 0 Å². The van der Waals surface area contributed by atoms with Gasteiger partial charge in [-0.05, 0) is 30.9 Å². The van der Waals surface area contributed by atoms with E-state index in [0.29, 0.717) is 0 Å². The van der Waals surface area contributed by atoms with E-state index in [1.165, 1.54) is 6.20 Å². The van der Waals surface area contributed by atoms with Crippen LogP contribution in [-0.2, 0) is 0 Å². The summed E-state index contributed by atoms with van der Waals surface area (Å²) in [7, 11) is 0. The molecule has 1 aliphatic carbocycles. The van der Waals surface area contributed by atoms with Gasteiger partial charge < -0.3 is 0 Å². The van der Waals surface area contributed by atoms with Gasteiger partial charge in [0.2, 0.25) is 6.54 Å². The van der Waals surface area contributed by atoms with Crippen molar-refractivity contribution in [2.75, 3.05) is 6.54 Å². The van der Waals surface area contributed by atoms with E-state index < -0.39 is 10.8 Å². The van der Waals surface area contributed by atoms with Crippen LogP contribution in [0.3, 0.4) is 0 Å². The Labute approximate surface area is 111 Å². The van der Waals surface area contributed by atoms with Crippen LogP contribution in [0.1, 0.15) is 42.6 Å². The van der Waals surface area contributed by atoms with Crippen LogP contribution in [0.4, 0.5) is 0 Å². The average molecular weight is 263 g/mol. The number of hydrogen-bond acceptors (Lipinski definition) is 5. The van der Waals surface area contributed by atoms with Gasteiger partial charge in [-0.25, -0.2) is 0 Å². The quantitative estimate of drug-likeness (QED) is 0.461. The van der Waals surface area contributed by atoms with E-state index in [9.17, 15) is 14.9 Å². The summed E-state index contributed by atoms with van der Waals surface area (Å²) in [5, 5.41) is 18.3. The van der Waals surface area contributed by atoms with E-state index in [0.717, 1.165) is 32.1 Å². The van der Waals surface area contributed by atoms with Crippen molar-refractivity contribution in [3.8, 4) is 0 Å². The normalized spacial score (nSPS) is 17.9. The van der Waals surface area contributed by atoms with Crippen molar-refractivity contribution in [2.45, 2.75) is 32.1 Å². The molecule has 0 saturated heterocycles.